The summed E-state index contributed by atoms with van der Waals surface area (Å²) in [5, 5.41) is 0.634. The van der Waals surface area contributed by atoms with E-state index >= 15 is 0 Å². The summed E-state index contributed by atoms with van der Waals surface area (Å²) in [6.45, 7) is 0. The molecule has 1 heterocycles. The SMILES string of the molecule is Nc1ccc(-c2cncc(Br)c2)c(Cl)c1. The molecule has 0 aliphatic carbocycles. The monoisotopic (exact) mass is 282 g/mol. The summed E-state index contributed by atoms with van der Waals surface area (Å²) in [6, 6.07) is 7.41. The molecule has 0 aliphatic rings. The van der Waals surface area contributed by atoms with E-state index in [1.54, 1.807) is 18.5 Å². The smallest absolute Gasteiger partial charge is 0.0505 e. The van der Waals surface area contributed by atoms with Gasteiger partial charge in [-0.3, -0.25) is 4.98 Å². The fourth-order valence-electron chi connectivity index (χ4n) is 1.32. The quantitative estimate of drug-likeness (QED) is 0.810. The number of hydrogen-bond acceptors (Lipinski definition) is 2. The van der Waals surface area contributed by atoms with Gasteiger partial charge >= 0.3 is 0 Å². The standard InChI is InChI=1S/C11H8BrClN2/c12-8-3-7(5-15-6-8)10-2-1-9(14)4-11(10)13/h1-6H,14H2. The Hall–Kier alpha value is -1.06. The molecule has 0 aliphatic heterocycles. The molecular formula is C11H8BrClN2. The minimum absolute atomic E-state index is 0.634. The predicted molar refractivity (Wildman–Crippen MR) is 66.8 cm³/mol. The predicted octanol–water partition coefficient (Wildman–Crippen LogP) is 3.75. The number of nitrogens with zero attached hydrogens (tertiary/aromatic N) is 1. The average Bonchev–Trinajstić information content (AvgIpc) is 2.17. The van der Waals surface area contributed by atoms with Crippen molar-refractivity contribution in [1.82, 2.24) is 4.98 Å². The van der Waals surface area contributed by atoms with Crippen LogP contribution in [-0.4, -0.2) is 4.98 Å². The molecule has 1 aromatic heterocycles. The van der Waals surface area contributed by atoms with Gasteiger partial charge in [0, 0.05) is 33.7 Å². The Morgan fingerprint density at radius 1 is 1.20 bits per heavy atom. The van der Waals surface area contributed by atoms with Gasteiger partial charge in [-0.2, -0.15) is 0 Å². The van der Waals surface area contributed by atoms with Crippen LogP contribution in [0, 0.1) is 0 Å². The summed E-state index contributed by atoms with van der Waals surface area (Å²) in [7, 11) is 0. The first kappa shape index (κ1) is 10.5. The lowest BCUT2D eigenvalue weighted by Crippen LogP contribution is -1.86. The van der Waals surface area contributed by atoms with Gasteiger partial charge in [-0.25, -0.2) is 0 Å². The van der Waals surface area contributed by atoms with Gasteiger partial charge in [-0.1, -0.05) is 17.7 Å². The van der Waals surface area contributed by atoms with Crippen LogP contribution in [0.25, 0.3) is 11.1 Å². The number of nitrogens with two attached hydrogens (primary N) is 1. The van der Waals surface area contributed by atoms with Crippen LogP contribution >= 0.6 is 27.5 Å². The van der Waals surface area contributed by atoms with Crippen LogP contribution in [-0.2, 0) is 0 Å². The maximum atomic E-state index is 6.09. The van der Waals surface area contributed by atoms with Crippen LogP contribution in [0.15, 0.2) is 41.1 Å². The highest BCUT2D eigenvalue weighted by atomic mass is 79.9. The molecule has 0 unspecified atom stereocenters. The topological polar surface area (TPSA) is 38.9 Å². The third-order valence-electron chi connectivity index (χ3n) is 2.01. The van der Waals surface area contributed by atoms with E-state index < -0.39 is 0 Å². The highest BCUT2D eigenvalue weighted by molar-refractivity contribution is 9.10. The fourth-order valence-corrected chi connectivity index (χ4v) is 1.99. The molecule has 2 N–H and O–H groups in total. The number of nitrogen functional groups attached to an aromatic ring is 1. The summed E-state index contributed by atoms with van der Waals surface area (Å²) in [4.78, 5) is 4.09. The van der Waals surface area contributed by atoms with Crippen molar-refractivity contribution in [2.24, 2.45) is 0 Å². The van der Waals surface area contributed by atoms with Crippen LogP contribution in [0.3, 0.4) is 0 Å². The molecule has 0 amide bonds. The van der Waals surface area contributed by atoms with Crippen LogP contribution in [0.2, 0.25) is 5.02 Å². The molecule has 0 saturated heterocycles. The summed E-state index contributed by atoms with van der Waals surface area (Å²) >= 11 is 9.46. The largest absolute Gasteiger partial charge is 0.399 e. The van der Waals surface area contributed by atoms with Crippen molar-refractivity contribution < 1.29 is 0 Å². The zero-order valence-corrected chi connectivity index (χ0v) is 10.1. The van der Waals surface area contributed by atoms with Gasteiger partial charge in [-0.15, -0.1) is 0 Å². The van der Waals surface area contributed by atoms with Gasteiger partial charge in [0.05, 0.1) is 5.02 Å². The molecule has 1 aromatic carbocycles. The molecule has 0 spiro atoms. The van der Waals surface area contributed by atoms with Crippen molar-refractivity contribution >= 4 is 33.2 Å². The van der Waals surface area contributed by atoms with E-state index in [9.17, 15) is 0 Å². The Labute approximate surface area is 101 Å². The number of aromatic nitrogens is 1. The molecule has 4 heteroatoms. The van der Waals surface area contributed by atoms with Gasteiger partial charge in [0.25, 0.3) is 0 Å². The third-order valence-corrected chi connectivity index (χ3v) is 2.76. The fraction of sp³-hybridized carbons (Fsp3) is 0. The zero-order chi connectivity index (χ0) is 10.8. The van der Waals surface area contributed by atoms with Crippen molar-refractivity contribution in [2.45, 2.75) is 0 Å². The summed E-state index contributed by atoms with van der Waals surface area (Å²) in [5.41, 5.74) is 8.18. The van der Waals surface area contributed by atoms with Crippen molar-refractivity contribution in [2.75, 3.05) is 5.73 Å². The van der Waals surface area contributed by atoms with Gasteiger partial charge in [0.1, 0.15) is 0 Å². The average molecular weight is 284 g/mol. The first-order valence-electron chi connectivity index (χ1n) is 4.33. The third kappa shape index (κ3) is 2.30. The number of rotatable bonds is 1. The molecule has 2 nitrogen and oxygen atoms in total. The van der Waals surface area contributed by atoms with Crippen LogP contribution in [0.1, 0.15) is 0 Å². The van der Waals surface area contributed by atoms with Gasteiger partial charge < -0.3 is 5.73 Å². The Balaban J connectivity index is 2.54. The Kier molecular flexibility index (Phi) is 2.93. The highest BCUT2D eigenvalue weighted by Gasteiger charge is 2.04. The molecule has 0 fully saturated rings. The number of anilines is 1. The second-order valence-corrected chi connectivity index (χ2v) is 4.45. The molecule has 0 atom stereocenters. The molecule has 2 aromatic rings. The Bertz CT molecular complexity index is 500. The van der Waals surface area contributed by atoms with Crippen LogP contribution < -0.4 is 5.73 Å². The lowest BCUT2D eigenvalue weighted by Gasteiger charge is -2.05. The van der Waals surface area contributed by atoms with Gasteiger partial charge in [0.15, 0.2) is 0 Å². The van der Waals surface area contributed by atoms with Crippen molar-refractivity contribution in [1.29, 1.82) is 0 Å². The molecular weight excluding hydrogens is 275 g/mol. The second kappa shape index (κ2) is 4.21. The van der Waals surface area contributed by atoms with E-state index in [0.29, 0.717) is 10.7 Å². The van der Waals surface area contributed by atoms with E-state index in [1.807, 2.05) is 18.2 Å². The van der Waals surface area contributed by atoms with Gasteiger partial charge in [-0.05, 0) is 34.1 Å². The number of benzene rings is 1. The number of hydrogen-bond donors (Lipinski definition) is 1. The summed E-state index contributed by atoms with van der Waals surface area (Å²) in [5.74, 6) is 0. The van der Waals surface area contributed by atoms with Crippen LogP contribution in [0.5, 0.6) is 0 Å². The Morgan fingerprint density at radius 2 is 2.00 bits per heavy atom. The molecule has 0 bridgehead atoms. The van der Waals surface area contributed by atoms with E-state index in [-0.39, 0.29) is 0 Å². The number of pyridine rings is 1. The first-order chi connectivity index (χ1) is 7.16. The van der Waals surface area contributed by atoms with Gasteiger partial charge in [0.2, 0.25) is 0 Å². The Morgan fingerprint density at radius 3 is 2.67 bits per heavy atom. The minimum Gasteiger partial charge on any atom is -0.399 e. The number of halogens is 2. The molecule has 15 heavy (non-hydrogen) atoms. The summed E-state index contributed by atoms with van der Waals surface area (Å²) in [6.07, 6.45) is 3.50. The lowest BCUT2D eigenvalue weighted by molar-refractivity contribution is 1.31. The first-order valence-corrected chi connectivity index (χ1v) is 5.50. The zero-order valence-electron chi connectivity index (χ0n) is 7.74. The maximum Gasteiger partial charge on any atom is 0.0505 e. The van der Waals surface area contributed by atoms with Crippen molar-refractivity contribution in [3.8, 4) is 11.1 Å². The maximum absolute atomic E-state index is 6.09. The van der Waals surface area contributed by atoms with E-state index in [4.69, 9.17) is 17.3 Å². The second-order valence-electron chi connectivity index (χ2n) is 3.13. The molecule has 76 valence electrons. The summed E-state index contributed by atoms with van der Waals surface area (Å²) < 4.78 is 0.924. The van der Waals surface area contributed by atoms with Crippen molar-refractivity contribution in [3.63, 3.8) is 0 Å². The minimum atomic E-state index is 0.634. The molecule has 0 saturated carbocycles. The highest BCUT2D eigenvalue weighted by Crippen LogP contribution is 2.30. The molecule has 0 radical (unpaired) electrons. The lowest BCUT2D eigenvalue weighted by atomic mass is 10.1. The van der Waals surface area contributed by atoms with Crippen molar-refractivity contribution in [3.05, 3.63) is 46.2 Å². The van der Waals surface area contributed by atoms with E-state index in [1.165, 1.54) is 0 Å². The van der Waals surface area contributed by atoms with E-state index in [0.717, 1.165) is 15.6 Å². The molecule has 2 rings (SSSR count). The van der Waals surface area contributed by atoms with E-state index in [2.05, 4.69) is 20.9 Å². The van der Waals surface area contributed by atoms with Crippen LogP contribution in [0.4, 0.5) is 5.69 Å². The normalized spacial score (nSPS) is 10.3.